The lowest BCUT2D eigenvalue weighted by molar-refractivity contribution is 0.0402. The molecule has 1 unspecified atom stereocenters. The molecule has 0 aromatic heterocycles. The van der Waals surface area contributed by atoms with E-state index in [1.165, 1.54) is 51.6 Å². The molecule has 2 N–H and O–H groups in total. The second-order valence-corrected chi connectivity index (χ2v) is 7.67. The fourth-order valence-corrected chi connectivity index (χ4v) is 4.31. The minimum Gasteiger partial charge on any atom is -0.329 e. The maximum absolute atomic E-state index is 6.21. The van der Waals surface area contributed by atoms with Crippen molar-refractivity contribution in [2.24, 2.45) is 17.6 Å². The van der Waals surface area contributed by atoms with Crippen molar-refractivity contribution in [1.29, 1.82) is 0 Å². The number of hydrogen-bond acceptors (Lipinski definition) is 3. The molecule has 0 amide bonds. The van der Waals surface area contributed by atoms with Crippen molar-refractivity contribution >= 4 is 0 Å². The quantitative estimate of drug-likeness (QED) is 0.840. The second-order valence-electron chi connectivity index (χ2n) is 7.67. The summed E-state index contributed by atoms with van der Waals surface area (Å²) >= 11 is 0. The van der Waals surface area contributed by atoms with Gasteiger partial charge in [-0.05, 0) is 71.0 Å². The molecule has 0 spiro atoms. The monoisotopic (exact) mass is 281 g/mol. The van der Waals surface area contributed by atoms with E-state index >= 15 is 0 Å². The van der Waals surface area contributed by atoms with Crippen LogP contribution in [-0.2, 0) is 0 Å². The maximum Gasteiger partial charge on any atom is 0.0329 e. The van der Waals surface area contributed by atoms with Crippen molar-refractivity contribution in [3.05, 3.63) is 0 Å². The van der Waals surface area contributed by atoms with E-state index in [1.807, 2.05) is 0 Å². The minimum absolute atomic E-state index is 0.273. The molecule has 3 heteroatoms. The Hall–Kier alpha value is -0.120. The highest BCUT2D eigenvalue weighted by Crippen LogP contribution is 2.38. The van der Waals surface area contributed by atoms with Crippen LogP contribution in [-0.4, -0.2) is 55.1 Å². The molecule has 2 aliphatic rings. The summed E-state index contributed by atoms with van der Waals surface area (Å²) < 4.78 is 0. The number of hydrogen-bond donors (Lipinski definition) is 1. The molecule has 3 nitrogen and oxygen atoms in total. The van der Waals surface area contributed by atoms with E-state index in [-0.39, 0.29) is 5.54 Å². The van der Waals surface area contributed by atoms with Gasteiger partial charge in [-0.1, -0.05) is 13.8 Å². The first-order valence-electron chi connectivity index (χ1n) is 8.60. The van der Waals surface area contributed by atoms with Crippen LogP contribution >= 0.6 is 0 Å². The molecule has 2 rings (SSSR count). The molecule has 1 aliphatic heterocycles. The lowest BCUT2D eigenvalue weighted by Crippen LogP contribution is -2.57. The van der Waals surface area contributed by atoms with E-state index in [0.717, 1.165) is 24.4 Å². The van der Waals surface area contributed by atoms with Crippen molar-refractivity contribution in [2.45, 2.75) is 64.0 Å². The van der Waals surface area contributed by atoms with Crippen LogP contribution in [0.2, 0.25) is 0 Å². The second kappa shape index (κ2) is 6.76. The summed E-state index contributed by atoms with van der Waals surface area (Å²) in [6.07, 6.45) is 8.02. The van der Waals surface area contributed by atoms with Crippen LogP contribution in [0.4, 0.5) is 0 Å². The molecule has 0 aromatic rings. The Bertz CT molecular complexity index is 295. The lowest BCUT2D eigenvalue weighted by atomic mass is 9.72. The van der Waals surface area contributed by atoms with Gasteiger partial charge in [0.2, 0.25) is 0 Å². The van der Waals surface area contributed by atoms with Crippen LogP contribution in [0.5, 0.6) is 0 Å². The van der Waals surface area contributed by atoms with Crippen molar-refractivity contribution in [1.82, 2.24) is 9.80 Å². The summed E-state index contributed by atoms with van der Waals surface area (Å²) in [7, 11) is 4.59. The standard InChI is InChI=1S/C17H35N3/c1-14(2)15-7-9-17(13-18,10-8-15)20(4)12-16-6-5-11-19(16)3/h14-16H,5-13,18H2,1-4H3. The largest absolute Gasteiger partial charge is 0.329 e. The average Bonchev–Trinajstić information content (AvgIpc) is 2.84. The zero-order valence-corrected chi connectivity index (χ0v) is 14.1. The van der Waals surface area contributed by atoms with Gasteiger partial charge in [0.15, 0.2) is 0 Å². The predicted octanol–water partition coefficient (Wildman–Crippen LogP) is 2.56. The minimum atomic E-state index is 0.273. The fraction of sp³-hybridized carbons (Fsp3) is 1.00. The van der Waals surface area contributed by atoms with Crippen LogP contribution in [0.3, 0.4) is 0 Å². The smallest absolute Gasteiger partial charge is 0.0329 e. The van der Waals surface area contributed by atoms with Gasteiger partial charge in [0.05, 0.1) is 0 Å². The molecule has 0 radical (unpaired) electrons. The molecule has 1 heterocycles. The zero-order valence-electron chi connectivity index (χ0n) is 14.1. The summed E-state index contributed by atoms with van der Waals surface area (Å²) in [5, 5.41) is 0. The predicted molar refractivity (Wildman–Crippen MR) is 86.9 cm³/mol. The van der Waals surface area contributed by atoms with E-state index in [9.17, 15) is 0 Å². The van der Waals surface area contributed by atoms with E-state index in [2.05, 4.69) is 37.7 Å². The Morgan fingerprint density at radius 3 is 2.35 bits per heavy atom. The van der Waals surface area contributed by atoms with Crippen LogP contribution < -0.4 is 5.73 Å². The van der Waals surface area contributed by atoms with E-state index in [4.69, 9.17) is 5.73 Å². The molecule has 118 valence electrons. The third-order valence-electron chi connectivity index (χ3n) is 6.25. The molecule has 2 fully saturated rings. The van der Waals surface area contributed by atoms with Crippen LogP contribution in [0, 0.1) is 11.8 Å². The number of nitrogens with two attached hydrogens (primary N) is 1. The molecule has 0 bridgehead atoms. The van der Waals surface area contributed by atoms with Gasteiger partial charge in [-0.3, -0.25) is 4.90 Å². The Morgan fingerprint density at radius 2 is 1.90 bits per heavy atom. The van der Waals surface area contributed by atoms with Crippen LogP contribution in [0.15, 0.2) is 0 Å². The lowest BCUT2D eigenvalue weighted by Gasteiger charge is -2.48. The number of likely N-dealkylation sites (tertiary alicyclic amines) is 1. The van der Waals surface area contributed by atoms with Crippen molar-refractivity contribution in [2.75, 3.05) is 33.7 Å². The third kappa shape index (κ3) is 3.37. The molecule has 20 heavy (non-hydrogen) atoms. The zero-order chi connectivity index (χ0) is 14.8. The third-order valence-corrected chi connectivity index (χ3v) is 6.25. The van der Waals surface area contributed by atoms with Gasteiger partial charge < -0.3 is 10.6 Å². The Morgan fingerprint density at radius 1 is 1.25 bits per heavy atom. The highest BCUT2D eigenvalue weighted by molar-refractivity contribution is 4.96. The Labute approximate surface area is 125 Å². The normalized spacial score (nSPS) is 36.1. The molecule has 1 saturated heterocycles. The number of rotatable bonds is 5. The van der Waals surface area contributed by atoms with E-state index in [1.54, 1.807) is 0 Å². The summed E-state index contributed by atoms with van der Waals surface area (Å²) in [4.78, 5) is 5.14. The molecule has 1 aliphatic carbocycles. The van der Waals surface area contributed by atoms with Crippen LogP contribution in [0.25, 0.3) is 0 Å². The fourth-order valence-electron chi connectivity index (χ4n) is 4.31. The maximum atomic E-state index is 6.21. The van der Waals surface area contributed by atoms with Gasteiger partial charge >= 0.3 is 0 Å². The SMILES string of the molecule is CC(C)C1CCC(CN)(N(C)CC2CCCN2C)CC1. The van der Waals surface area contributed by atoms with Crippen molar-refractivity contribution in [3.8, 4) is 0 Å². The summed E-state index contributed by atoms with van der Waals surface area (Å²) in [6.45, 7) is 8.03. The number of likely N-dealkylation sites (N-methyl/N-ethyl adjacent to an activating group) is 2. The van der Waals surface area contributed by atoms with Gasteiger partial charge in [0.25, 0.3) is 0 Å². The highest BCUT2D eigenvalue weighted by atomic mass is 15.2. The first-order valence-corrected chi connectivity index (χ1v) is 8.60. The molecule has 1 atom stereocenters. The Balaban J connectivity index is 1.93. The first-order chi connectivity index (χ1) is 9.48. The van der Waals surface area contributed by atoms with Gasteiger partial charge in [0.1, 0.15) is 0 Å². The molecular formula is C17H35N3. The first kappa shape index (κ1) is 16.3. The summed E-state index contributed by atoms with van der Waals surface area (Å²) in [5.41, 5.74) is 6.49. The van der Waals surface area contributed by atoms with Gasteiger partial charge in [-0.15, -0.1) is 0 Å². The molecule has 0 aromatic carbocycles. The molecular weight excluding hydrogens is 246 g/mol. The van der Waals surface area contributed by atoms with E-state index < -0.39 is 0 Å². The topological polar surface area (TPSA) is 32.5 Å². The highest BCUT2D eigenvalue weighted by Gasteiger charge is 2.39. The summed E-state index contributed by atoms with van der Waals surface area (Å²) in [5.74, 6) is 1.74. The van der Waals surface area contributed by atoms with Crippen molar-refractivity contribution in [3.63, 3.8) is 0 Å². The average molecular weight is 281 g/mol. The number of nitrogens with zero attached hydrogens (tertiary/aromatic N) is 2. The Kier molecular flexibility index (Phi) is 5.49. The van der Waals surface area contributed by atoms with Crippen molar-refractivity contribution < 1.29 is 0 Å². The molecule has 1 saturated carbocycles. The summed E-state index contributed by atoms with van der Waals surface area (Å²) in [6, 6.07) is 0.742. The van der Waals surface area contributed by atoms with Crippen LogP contribution in [0.1, 0.15) is 52.4 Å². The van der Waals surface area contributed by atoms with Gasteiger partial charge in [0, 0.05) is 24.7 Å². The van der Waals surface area contributed by atoms with E-state index in [0.29, 0.717) is 0 Å². The van der Waals surface area contributed by atoms with Gasteiger partial charge in [-0.2, -0.15) is 0 Å². The van der Waals surface area contributed by atoms with Gasteiger partial charge in [-0.25, -0.2) is 0 Å².